The third-order valence-corrected chi connectivity index (χ3v) is 4.70. The summed E-state index contributed by atoms with van der Waals surface area (Å²) in [5.74, 6) is 1.12. The molecule has 0 radical (unpaired) electrons. The van der Waals surface area contributed by atoms with Gasteiger partial charge in [-0.2, -0.15) is 0 Å². The molecule has 0 saturated carbocycles. The van der Waals surface area contributed by atoms with Crippen LogP contribution in [-0.2, 0) is 0 Å². The monoisotopic (exact) mass is 299 g/mol. The van der Waals surface area contributed by atoms with Gasteiger partial charge in [0.05, 0.1) is 0 Å². The third-order valence-electron chi connectivity index (χ3n) is 3.31. The third kappa shape index (κ3) is 7.86. The molecular weight excluding hydrogens is 274 g/mol. The summed E-state index contributed by atoms with van der Waals surface area (Å²) in [6.07, 6.45) is 8.05. The molecule has 0 spiro atoms. The average molecular weight is 300 g/mol. The molecule has 0 fully saturated rings. The van der Waals surface area contributed by atoms with Gasteiger partial charge >= 0.3 is 0 Å². The molecule has 1 aromatic rings. The van der Waals surface area contributed by atoms with Crippen LogP contribution in [0.25, 0.3) is 0 Å². The minimum atomic E-state index is 0.602. The zero-order valence-electron chi connectivity index (χ0n) is 12.1. The van der Waals surface area contributed by atoms with E-state index in [1.165, 1.54) is 43.4 Å². The van der Waals surface area contributed by atoms with Crippen LogP contribution in [0.4, 0.5) is 0 Å². The maximum atomic E-state index is 6.00. The highest BCUT2D eigenvalue weighted by Crippen LogP contribution is 2.23. The molecule has 1 unspecified atom stereocenters. The van der Waals surface area contributed by atoms with E-state index in [9.17, 15) is 0 Å². The Bertz CT molecular complexity index is 343. The van der Waals surface area contributed by atoms with Gasteiger partial charge < -0.3 is 5.32 Å². The lowest BCUT2D eigenvalue weighted by Gasteiger charge is -2.15. The lowest BCUT2D eigenvalue weighted by atomic mass is 10.1. The predicted octanol–water partition coefficient (Wildman–Crippen LogP) is 5.38. The van der Waals surface area contributed by atoms with Crippen molar-refractivity contribution in [3.8, 4) is 0 Å². The first-order valence-corrected chi connectivity index (χ1v) is 8.68. The first-order chi connectivity index (χ1) is 9.26. The van der Waals surface area contributed by atoms with Crippen LogP contribution in [0.2, 0.25) is 5.02 Å². The molecule has 108 valence electrons. The smallest absolute Gasteiger partial charge is 0.0417 e. The summed E-state index contributed by atoms with van der Waals surface area (Å²) in [5.41, 5.74) is 0. The topological polar surface area (TPSA) is 12.0 Å². The van der Waals surface area contributed by atoms with E-state index < -0.39 is 0 Å². The van der Waals surface area contributed by atoms with Crippen molar-refractivity contribution >= 4 is 23.4 Å². The normalized spacial score (nSPS) is 12.6. The summed E-state index contributed by atoms with van der Waals surface area (Å²) in [6, 6.07) is 8.72. The number of rotatable bonds is 10. The van der Waals surface area contributed by atoms with Gasteiger partial charge in [-0.1, -0.05) is 56.7 Å². The van der Waals surface area contributed by atoms with Crippen molar-refractivity contribution in [1.82, 2.24) is 5.32 Å². The second-order valence-corrected chi connectivity index (χ2v) is 6.49. The summed E-state index contributed by atoms with van der Waals surface area (Å²) >= 11 is 7.89. The minimum Gasteiger partial charge on any atom is -0.316 e. The van der Waals surface area contributed by atoms with E-state index >= 15 is 0 Å². The van der Waals surface area contributed by atoms with Gasteiger partial charge in [-0.25, -0.2) is 0 Å². The van der Waals surface area contributed by atoms with Crippen molar-refractivity contribution in [2.45, 2.75) is 56.4 Å². The Balaban J connectivity index is 2.21. The Kier molecular flexibility index (Phi) is 9.40. The van der Waals surface area contributed by atoms with Gasteiger partial charge in [0.25, 0.3) is 0 Å². The zero-order chi connectivity index (χ0) is 13.9. The lowest BCUT2D eigenvalue weighted by molar-refractivity contribution is 0.518. The minimum absolute atomic E-state index is 0.602. The first kappa shape index (κ1) is 16.9. The largest absolute Gasteiger partial charge is 0.316 e. The van der Waals surface area contributed by atoms with E-state index in [0.29, 0.717) is 6.04 Å². The lowest BCUT2D eigenvalue weighted by Crippen LogP contribution is -2.27. The molecule has 0 amide bonds. The quantitative estimate of drug-likeness (QED) is 0.460. The van der Waals surface area contributed by atoms with E-state index in [-0.39, 0.29) is 0 Å². The molecule has 3 heteroatoms. The molecule has 1 atom stereocenters. The number of hydrogen-bond donors (Lipinski definition) is 1. The number of thioether (sulfide) groups is 1. The molecule has 0 heterocycles. The van der Waals surface area contributed by atoms with Gasteiger partial charge in [0.2, 0.25) is 0 Å². The van der Waals surface area contributed by atoms with Crippen LogP contribution in [0.15, 0.2) is 29.2 Å². The molecule has 0 aliphatic heterocycles. The van der Waals surface area contributed by atoms with Crippen LogP contribution in [0.3, 0.4) is 0 Å². The molecule has 0 bridgehead atoms. The van der Waals surface area contributed by atoms with Gasteiger partial charge in [-0.05, 0) is 31.7 Å². The van der Waals surface area contributed by atoms with E-state index in [1.54, 1.807) is 0 Å². The fraction of sp³-hybridized carbons (Fsp3) is 0.625. The van der Waals surface area contributed by atoms with Crippen molar-refractivity contribution in [3.05, 3.63) is 29.3 Å². The summed E-state index contributed by atoms with van der Waals surface area (Å²) in [6.45, 7) is 2.26. The highest BCUT2D eigenvalue weighted by molar-refractivity contribution is 7.99. The van der Waals surface area contributed by atoms with Crippen LogP contribution in [-0.4, -0.2) is 18.8 Å². The van der Waals surface area contributed by atoms with Gasteiger partial charge in [0.15, 0.2) is 0 Å². The number of halogens is 1. The summed E-state index contributed by atoms with van der Waals surface area (Å²) in [4.78, 5) is 1.26. The number of benzene rings is 1. The van der Waals surface area contributed by atoms with Crippen molar-refractivity contribution < 1.29 is 0 Å². The molecule has 19 heavy (non-hydrogen) atoms. The molecule has 1 aromatic carbocycles. The average Bonchev–Trinajstić information content (AvgIpc) is 2.42. The van der Waals surface area contributed by atoms with E-state index in [0.717, 1.165) is 10.8 Å². The van der Waals surface area contributed by atoms with Crippen LogP contribution in [0, 0.1) is 0 Å². The highest BCUT2D eigenvalue weighted by atomic mass is 35.5. The maximum absolute atomic E-state index is 6.00. The van der Waals surface area contributed by atoms with Gasteiger partial charge in [0, 0.05) is 21.7 Å². The fourth-order valence-electron chi connectivity index (χ4n) is 2.06. The second kappa shape index (κ2) is 10.6. The summed E-state index contributed by atoms with van der Waals surface area (Å²) < 4.78 is 0. The Labute approximate surface area is 127 Å². The van der Waals surface area contributed by atoms with Gasteiger partial charge in [-0.3, -0.25) is 0 Å². The molecule has 1 nitrogen and oxygen atoms in total. The molecule has 0 aromatic heterocycles. The zero-order valence-corrected chi connectivity index (χ0v) is 13.7. The number of hydrogen-bond acceptors (Lipinski definition) is 2. The van der Waals surface area contributed by atoms with Crippen LogP contribution < -0.4 is 5.32 Å². The molecule has 0 aliphatic carbocycles. The summed E-state index contributed by atoms with van der Waals surface area (Å²) in [7, 11) is 2.06. The second-order valence-electron chi connectivity index (χ2n) is 4.96. The Morgan fingerprint density at radius 3 is 2.68 bits per heavy atom. The molecule has 1 N–H and O–H groups in total. The van der Waals surface area contributed by atoms with E-state index in [4.69, 9.17) is 11.6 Å². The van der Waals surface area contributed by atoms with Crippen LogP contribution in [0.1, 0.15) is 45.4 Å². The number of unbranched alkanes of at least 4 members (excludes halogenated alkanes) is 4. The highest BCUT2D eigenvalue weighted by Gasteiger charge is 2.06. The van der Waals surface area contributed by atoms with Crippen molar-refractivity contribution in [3.63, 3.8) is 0 Å². The van der Waals surface area contributed by atoms with Crippen molar-refractivity contribution in [2.75, 3.05) is 12.8 Å². The van der Waals surface area contributed by atoms with Gasteiger partial charge in [0.1, 0.15) is 0 Å². The standard InChI is InChI=1S/C16H26ClNS/c1-3-4-5-6-7-10-15(18-2)13-19-16-11-8-9-14(17)12-16/h8-9,11-12,15,18H,3-7,10,13H2,1-2H3. The van der Waals surface area contributed by atoms with Crippen LogP contribution >= 0.6 is 23.4 Å². The number of nitrogens with one attached hydrogen (secondary N) is 1. The van der Waals surface area contributed by atoms with Crippen LogP contribution in [0.5, 0.6) is 0 Å². The first-order valence-electron chi connectivity index (χ1n) is 7.32. The van der Waals surface area contributed by atoms with Gasteiger partial charge in [-0.15, -0.1) is 11.8 Å². The predicted molar refractivity (Wildman–Crippen MR) is 88.4 cm³/mol. The molecule has 1 rings (SSSR count). The van der Waals surface area contributed by atoms with Crippen molar-refractivity contribution in [2.24, 2.45) is 0 Å². The Hall–Kier alpha value is -0.180. The Morgan fingerprint density at radius 1 is 1.21 bits per heavy atom. The van der Waals surface area contributed by atoms with E-state index in [1.807, 2.05) is 30.0 Å². The molecule has 0 saturated heterocycles. The SMILES string of the molecule is CCCCCCCC(CSc1cccc(Cl)c1)NC. The summed E-state index contributed by atoms with van der Waals surface area (Å²) in [5, 5.41) is 4.25. The Morgan fingerprint density at radius 2 is 2.00 bits per heavy atom. The van der Waals surface area contributed by atoms with E-state index in [2.05, 4.69) is 25.4 Å². The molecule has 0 aliphatic rings. The van der Waals surface area contributed by atoms with Crippen molar-refractivity contribution in [1.29, 1.82) is 0 Å². The maximum Gasteiger partial charge on any atom is 0.0417 e. The molecular formula is C16H26ClNS. The fourth-order valence-corrected chi connectivity index (χ4v) is 3.43.